The molecule has 0 fully saturated rings. The summed E-state index contributed by atoms with van der Waals surface area (Å²) in [7, 11) is 0. The minimum absolute atomic E-state index is 0.0189. The molecule has 4 aromatic heterocycles. The number of hydrogen-bond acceptors (Lipinski definition) is 5. The summed E-state index contributed by atoms with van der Waals surface area (Å²) < 4.78 is 3.96. The van der Waals surface area contributed by atoms with E-state index in [-0.39, 0.29) is 11.9 Å². The molecule has 4 rings (SSSR count). The van der Waals surface area contributed by atoms with Crippen LogP contribution in [0.5, 0.6) is 0 Å². The molecule has 0 spiro atoms. The lowest BCUT2D eigenvalue weighted by Crippen LogP contribution is -2.29. The summed E-state index contributed by atoms with van der Waals surface area (Å²) in [6.45, 7) is 5.06. The Hall–Kier alpha value is -3.26. The van der Waals surface area contributed by atoms with Gasteiger partial charge in [-0.3, -0.25) is 14.5 Å². The average molecular weight is 421 g/mol. The van der Waals surface area contributed by atoms with Gasteiger partial charge in [0.05, 0.1) is 29.0 Å². The molecule has 154 valence electrons. The molecule has 0 unspecified atom stereocenters. The van der Waals surface area contributed by atoms with Gasteiger partial charge in [-0.2, -0.15) is 5.10 Å². The van der Waals surface area contributed by atoms with Crippen LogP contribution >= 0.6 is 11.3 Å². The molecule has 0 bridgehead atoms. The number of pyridine rings is 1. The summed E-state index contributed by atoms with van der Waals surface area (Å²) in [5.74, 6) is 0.930. The van der Waals surface area contributed by atoms with Crippen molar-refractivity contribution in [1.29, 1.82) is 0 Å². The van der Waals surface area contributed by atoms with Gasteiger partial charge in [0.2, 0.25) is 5.91 Å². The van der Waals surface area contributed by atoms with E-state index in [0.29, 0.717) is 19.5 Å². The predicted molar refractivity (Wildman–Crippen MR) is 118 cm³/mol. The number of nitrogens with zero attached hydrogens (tertiary/aromatic N) is 5. The molecule has 0 saturated carbocycles. The van der Waals surface area contributed by atoms with Crippen LogP contribution < -0.4 is 5.32 Å². The van der Waals surface area contributed by atoms with Crippen LogP contribution in [0.25, 0.3) is 21.8 Å². The van der Waals surface area contributed by atoms with Gasteiger partial charge >= 0.3 is 0 Å². The maximum absolute atomic E-state index is 12.4. The van der Waals surface area contributed by atoms with Crippen LogP contribution in [0.3, 0.4) is 0 Å². The lowest BCUT2D eigenvalue weighted by atomic mass is 10.1. The zero-order valence-electron chi connectivity index (χ0n) is 17.0. The molecule has 0 aromatic carbocycles. The van der Waals surface area contributed by atoms with E-state index in [9.17, 15) is 4.79 Å². The van der Waals surface area contributed by atoms with Crippen molar-refractivity contribution in [3.8, 4) is 21.8 Å². The molecule has 7 nitrogen and oxygen atoms in total. The van der Waals surface area contributed by atoms with E-state index in [0.717, 1.165) is 27.7 Å². The largest absolute Gasteiger partial charge is 0.354 e. The van der Waals surface area contributed by atoms with E-state index in [1.54, 1.807) is 23.7 Å². The van der Waals surface area contributed by atoms with E-state index in [4.69, 9.17) is 0 Å². The monoisotopic (exact) mass is 420 g/mol. The van der Waals surface area contributed by atoms with Crippen molar-refractivity contribution in [3.63, 3.8) is 0 Å². The zero-order chi connectivity index (χ0) is 20.9. The number of carbonyl (C=O) groups excluding carboxylic acids is 1. The fourth-order valence-electron chi connectivity index (χ4n) is 3.53. The first-order valence-corrected chi connectivity index (χ1v) is 10.8. The second-order valence-electron chi connectivity index (χ2n) is 7.11. The molecule has 1 amide bonds. The third kappa shape index (κ3) is 4.33. The number of aryl methyl sites for hydroxylation is 1. The first-order chi connectivity index (χ1) is 14.6. The second kappa shape index (κ2) is 9.04. The van der Waals surface area contributed by atoms with Gasteiger partial charge in [-0.05, 0) is 37.4 Å². The average Bonchev–Trinajstić information content (AvgIpc) is 3.49. The summed E-state index contributed by atoms with van der Waals surface area (Å²) in [5, 5.41) is 9.65. The van der Waals surface area contributed by atoms with Crippen molar-refractivity contribution in [3.05, 3.63) is 66.3 Å². The van der Waals surface area contributed by atoms with E-state index in [1.165, 1.54) is 0 Å². The highest BCUT2D eigenvalue weighted by molar-refractivity contribution is 7.13. The van der Waals surface area contributed by atoms with Gasteiger partial charge in [-0.15, -0.1) is 11.3 Å². The van der Waals surface area contributed by atoms with Crippen molar-refractivity contribution in [2.45, 2.75) is 32.9 Å². The molecular weight excluding hydrogens is 396 g/mol. The van der Waals surface area contributed by atoms with E-state index < -0.39 is 0 Å². The Bertz CT molecular complexity index is 1100. The van der Waals surface area contributed by atoms with Crippen LogP contribution in [0.4, 0.5) is 0 Å². The Kier molecular flexibility index (Phi) is 6.04. The highest BCUT2D eigenvalue weighted by Crippen LogP contribution is 2.33. The van der Waals surface area contributed by atoms with E-state index in [2.05, 4.69) is 31.8 Å². The van der Waals surface area contributed by atoms with Crippen LogP contribution in [0.1, 0.15) is 25.2 Å². The van der Waals surface area contributed by atoms with Crippen molar-refractivity contribution < 1.29 is 4.79 Å². The number of imidazole rings is 1. The Morgan fingerprint density at radius 1 is 1.20 bits per heavy atom. The fraction of sp³-hybridized carbons (Fsp3) is 0.273. The van der Waals surface area contributed by atoms with Gasteiger partial charge in [0, 0.05) is 43.2 Å². The van der Waals surface area contributed by atoms with Gasteiger partial charge in [0.15, 0.2) is 0 Å². The van der Waals surface area contributed by atoms with Crippen molar-refractivity contribution in [2.24, 2.45) is 0 Å². The molecule has 0 aliphatic rings. The zero-order valence-corrected chi connectivity index (χ0v) is 17.8. The summed E-state index contributed by atoms with van der Waals surface area (Å²) in [5.41, 5.74) is 2.91. The third-order valence-corrected chi connectivity index (χ3v) is 5.88. The maximum Gasteiger partial charge on any atom is 0.222 e. The molecule has 1 N–H and O–H groups in total. The molecule has 4 aromatic rings. The molecule has 0 saturated heterocycles. The number of amides is 1. The van der Waals surface area contributed by atoms with Gasteiger partial charge in [0.25, 0.3) is 0 Å². The standard InChI is InChI=1S/C22H24N6OS/c1-16(27-11-9-23-17(27)2)14-21(29)25-10-12-28-22(20-7-5-13-30-20)18(15-26-28)19-6-3-4-8-24-19/h3-9,11,13,15-16H,10,12,14H2,1-2H3,(H,25,29)/t16-/m0/s1. The van der Waals surface area contributed by atoms with Crippen LogP contribution in [0.2, 0.25) is 0 Å². The van der Waals surface area contributed by atoms with E-state index in [1.807, 2.05) is 59.8 Å². The molecule has 8 heteroatoms. The lowest BCUT2D eigenvalue weighted by molar-refractivity contribution is -0.121. The minimum atomic E-state index is 0.0189. The number of thiophene rings is 1. The molecule has 30 heavy (non-hydrogen) atoms. The Balaban J connectivity index is 1.43. The first-order valence-electron chi connectivity index (χ1n) is 9.90. The molecule has 0 aliphatic heterocycles. The summed E-state index contributed by atoms with van der Waals surface area (Å²) in [6, 6.07) is 10.0. The Morgan fingerprint density at radius 2 is 2.10 bits per heavy atom. The lowest BCUT2D eigenvalue weighted by Gasteiger charge is -2.15. The molecular formula is C22H24N6OS. The summed E-state index contributed by atoms with van der Waals surface area (Å²) >= 11 is 1.67. The molecule has 1 atom stereocenters. The van der Waals surface area contributed by atoms with Crippen molar-refractivity contribution in [1.82, 2.24) is 29.6 Å². The number of nitrogens with one attached hydrogen (secondary N) is 1. The topological polar surface area (TPSA) is 77.6 Å². The van der Waals surface area contributed by atoms with Crippen LogP contribution in [-0.2, 0) is 11.3 Å². The quantitative estimate of drug-likeness (QED) is 0.468. The Labute approximate surface area is 179 Å². The number of aromatic nitrogens is 5. The van der Waals surface area contributed by atoms with Crippen molar-refractivity contribution in [2.75, 3.05) is 6.54 Å². The summed E-state index contributed by atoms with van der Waals surface area (Å²) in [6.07, 6.45) is 7.71. The molecule has 0 radical (unpaired) electrons. The van der Waals surface area contributed by atoms with Crippen LogP contribution in [0, 0.1) is 6.92 Å². The van der Waals surface area contributed by atoms with Crippen molar-refractivity contribution >= 4 is 17.2 Å². The minimum Gasteiger partial charge on any atom is -0.354 e. The SMILES string of the molecule is Cc1nccn1[C@@H](C)CC(=O)NCCn1ncc(-c2ccccn2)c1-c1cccs1. The predicted octanol–water partition coefficient (Wildman–Crippen LogP) is 3.95. The first kappa shape index (κ1) is 20.0. The van der Waals surface area contributed by atoms with Gasteiger partial charge in [-0.25, -0.2) is 4.98 Å². The van der Waals surface area contributed by atoms with E-state index >= 15 is 0 Å². The molecule has 4 heterocycles. The van der Waals surface area contributed by atoms with Gasteiger partial charge in [0.1, 0.15) is 5.82 Å². The van der Waals surface area contributed by atoms with Gasteiger partial charge < -0.3 is 9.88 Å². The maximum atomic E-state index is 12.4. The Morgan fingerprint density at radius 3 is 2.80 bits per heavy atom. The highest BCUT2D eigenvalue weighted by atomic mass is 32.1. The smallest absolute Gasteiger partial charge is 0.222 e. The third-order valence-electron chi connectivity index (χ3n) is 5.00. The summed E-state index contributed by atoms with van der Waals surface area (Å²) in [4.78, 5) is 22.2. The number of hydrogen-bond donors (Lipinski definition) is 1. The number of rotatable bonds is 8. The normalized spacial score (nSPS) is 12.1. The van der Waals surface area contributed by atoms with Crippen LogP contribution in [0.15, 0.2) is 60.5 Å². The highest BCUT2D eigenvalue weighted by Gasteiger charge is 2.17. The van der Waals surface area contributed by atoms with Gasteiger partial charge in [-0.1, -0.05) is 12.1 Å². The fourth-order valence-corrected chi connectivity index (χ4v) is 4.32. The second-order valence-corrected chi connectivity index (χ2v) is 8.05. The molecule has 0 aliphatic carbocycles. The van der Waals surface area contributed by atoms with Crippen LogP contribution in [-0.4, -0.2) is 36.8 Å². The number of carbonyl (C=O) groups is 1.